The van der Waals surface area contributed by atoms with Gasteiger partial charge in [-0.15, -0.1) is 0 Å². The highest BCUT2D eigenvalue weighted by Gasteiger charge is 2.35. The van der Waals surface area contributed by atoms with Crippen molar-refractivity contribution in [3.05, 3.63) is 78.7 Å². The number of hydrogen-bond acceptors (Lipinski definition) is 10. The summed E-state index contributed by atoms with van der Waals surface area (Å²) < 4.78 is 4.57. The number of aromatic nitrogens is 2. The van der Waals surface area contributed by atoms with Gasteiger partial charge in [-0.2, -0.15) is 0 Å². The fraction of sp³-hybridized carbons (Fsp3) is 0.150. The molecule has 3 aromatic rings. The van der Waals surface area contributed by atoms with E-state index in [1.165, 1.54) is 0 Å². The highest BCUT2D eigenvalue weighted by molar-refractivity contribution is 6.44. The Labute approximate surface area is 188 Å². The molecule has 0 aliphatic rings. The van der Waals surface area contributed by atoms with Crippen LogP contribution in [0.1, 0.15) is 5.69 Å². The van der Waals surface area contributed by atoms with Crippen LogP contribution in [0, 0.1) is 26.1 Å². The van der Waals surface area contributed by atoms with Gasteiger partial charge >= 0.3 is 5.97 Å². The van der Waals surface area contributed by atoms with E-state index >= 15 is 0 Å². The molecule has 0 aliphatic carbocycles. The molecule has 0 saturated heterocycles. The van der Waals surface area contributed by atoms with Crippen molar-refractivity contribution < 1.29 is 29.0 Å². The summed E-state index contributed by atoms with van der Waals surface area (Å²) in [5.74, 6) is -5.69. The number of hydrogen-bond donors (Lipinski definition) is 2. The van der Waals surface area contributed by atoms with Crippen molar-refractivity contribution in [3.63, 3.8) is 0 Å². The molecule has 1 amide bonds. The highest BCUT2D eigenvalue weighted by Crippen LogP contribution is 2.29. The molecule has 1 aromatic heterocycles. The van der Waals surface area contributed by atoms with Gasteiger partial charge in [0, 0.05) is 12.5 Å². The number of benzene rings is 2. The first-order valence-corrected chi connectivity index (χ1v) is 9.46. The minimum absolute atomic E-state index is 0.212. The minimum atomic E-state index is -1.78. The molecule has 2 aromatic carbocycles. The Kier molecular flexibility index (Phi) is 6.71. The van der Waals surface area contributed by atoms with E-state index in [-0.39, 0.29) is 5.69 Å². The van der Waals surface area contributed by atoms with E-state index in [1.807, 2.05) is 5.32 Å². The standard InChI is InChI=1S/C20H15N5O9/c1-34-20(29)11(9-15-18(27)22-13-5-3-2-4-12(13)21-15)17(26)19(28)23-14-7-6-10(24(30)31)8-16(14)25(32)33/h2-8,11H,9H2,1H3,(H,22,27)(H,23,28)/t11-/m1/s1. The van der Waals surface area contributed by atoms with Gasteiger partial charge in [0.15, 0.2) is 0 Å². The molecule has 0 spiro atoms. The van der Waals surface area contributed by atoms with Crippen molar-refractivity contribution >= 4 is 45.8 Å². The number of carbonyl (C=O) groups excluding carboxylic acids is 3. The number of aromatic amines is 1. The molecular weight excluding hydrogens is 454 g/mol. The van der Waals surface area contributed by atoms with E-state index in [4.69, 9.17) is 0 Å². The summed E-state index contributed by atoms with van der Waals surface area (Å²) >= 11 is 0. The number of ether oxygens (including phenoxy) is 1. The predicted molar refractivity (Wildman–Crippen MR) is 115 cm³/mol. The summed E-state index contributed by atoms with van der Waals surface area (Å²) in [5.41, 5.74) is -2.05. The molecule has 0 bridgehead atoms. The van der Waals surface area contributed by atoms with Crippen molar-refractivity contribution in [2.75, 3.05) is 12.4 Å². The quantitative estimate of drug-likeness (QED) is 0.159. The van der Waals surface area contributed by atoms with Crippen molar-refractivity contribution in [3.8, 4) is 0 Å². The second-order valence-electron chi connectivity index (χ2n) is 6.84. The number of nitrogens with zero attached hydrogens (tertiary/aromatic N) is 3. The van der Waals surface area contributed by atoms with Gasteiger partial charge in [-0.25, -0.2) is 4.98 Å². The van der Waals surface area contributed by atoms with Crippen LogP contribution in [-0.2, 0) is 25.5 Å². The van der Waals surface area contributed by atoms with Crippen molar-refractivity contribution in [2.45, 2.75) is 6.42 Å². The van der Waals surface area contributed by atoms with Gasteiger partial charge in [0.25, 0.3) is 22.8 Å². The van der Waals surface area contributed by atoms with Crippen LogP contribution in [0.15, 0.2) is 47.3 Å². The zero-order chi connectivity index (χ0) is 25.0. The molecule has 0 fully saturated rings. The van der Waals surface area contributed by atoms with Gasteiger partial charge in [-0.3, -0.25) is 39.4 Å². The summed E-state index contributed by atoms with van der Waals surface area (Å²) in [7, 11) is 0.972. The third-order valence-electron chi connectivity index (χ3n) is 4.73. The third-order valence-corrected chi connectivity index (χ3v) is 4.73. The summed E-state index contributed by atoms with van der Waals surface area (Å²) in [6.45, 7) is 0. The fourth-order valence-electron chi connectivity index (χ4n) is 3.06. The van der Waals surface area contributed by atoms with Gasteiger partial charge in [0.2, 0.25) is 5.78 Å². The van der Waals surface area contributed by atoms with Crippen LogP contribution in [-0.4, -0.2) is 44.6 Å². The summed E-state index contributed by atoms with van der Waals surface area (Å²) in [6.07, 6.45) is -0.582. The lowest BCUT2D eigenvalue weighted by atomic mass is 9.97. The number of fused-ring (bicyclic) bond motifs is 1. The normalized spacial score (nSPS) is 11.4. The number of H-pyrrole nitrogens is 1. The topological polar surface area (TPSA) is 204 Å². The molecule has 0 unspecified atom stereocenters. The molecule has 0 aliphatic heterocycles. The second kappa shape index (κ2) is 9.64. The summed E-state index contributed by atoms with van der Waals surface area (Å²) in [4.78, 5) is 76.8. The predicted octanol–water partition coefficient (Wildman–Crippen LogP) is 1.28. The maximum atomic E-state index is 12.8. The Hall–Kier alpha value is -5.01. The molecule has 14 heteroatoms. The highest BCUT2D eigenvalue weighted by atomic mass is 16.6. The number of amides is 1. The van der Waals surface area contributed by atoms with E-state index in [0.717, 1.165) is 19.2 Å². The van der Waals surface area contributed by atoms with E-state index in [2.05, 4.69) is 14.7 Å². The van der Waals surface area contributed by atoms with E-state index in [9.17, 15) is 39.4 Å². The second-order valence-corrected chi connectivity index (χ2v) is 6.84. The molecule has 2 N–H and O–H groups in total. The van der Waals surface area contributed by atoms with Crippen molar-refractivity contribution in [2.24, 2.45) is 5.92 Å². The lowest BCUT2D eigenvalue weighted by Crippen LogP contribution is -2.37. The fourth-order valence-corrected chi connectivity index (χ4v) is 3.06. The Morgan fingerprint density at radius 2 is 1.82 bits per heavy atom. The number of non-ortho nitro benzene ring substituents is 1. The van der Waals surface area contributed by atoms with Crippen LogP contribution in [0.4, 0.5) is 17.1 Å². The van der Waals surface area contributed by atoms with Crippen LogP contribution in [0.3, 0.4) is 0 Å². The molecule has 174 valence electrons. The number of para-hydroxylation sites is 2. The number of Topliss-reactive ketones (excluding diaryl/α,β-unsaturated/α-hetero) is 1. The smallest absolute Gasteiger partial charge is 0.317 e. The molecule has 14 nitrogen and oxygen atoms in total. The lowest BCUT2D eigenvalue weighted by molar-refractivity contribution is -0.393. The van der Waals surface area contributed by atoms with Gasteiger partial charge in [0.1, 0.15) is 17.3 Å². The third kappa shape index (κ3) is 4.90. The molecule has 0 radical (unpaired) electrons. The molecule has 34 heavy (non-hydrogen) atoms. The average molecular weight is 469 g/mol. The van der Waals surface area contributed by atoms with E-state index in [1.54, 1.807) is 24.3 Å². The Morgan fingerprint density at radius 1 is 1.12 bits per heavy atom. The number of carbonyl (C=O) groups is 3. The Balaban J connectivity index is 1.90. The molecule has 1 atom stereocenters. The maximum Gasteiger partial charge on any atom is 0.317 e. The Morgan fingerprint density at radius 3 is 2.47 bits per heavy atom. The van der Waals surface area contributed by atoms with Gasteiger partial charge in [-0.05, 0) is 18.2 Å². The summed E-state index contributed by atoms with van der Waals surface area (Å²) in [6, 6.07) is 8.89. The number of esters is 1. The first-order valence-electron chi connectivity index (χ1n) is 9.46. The molecule has 0 saturated carbocycles. The summed E-state index contributed by atoms with van der Waals surface area (Å²) in [5, 5.41) is 24.1. The molecular formula is C20H15N5O9. The monoisotopic (exact) mass is 469 g/mol. The van der Waals surface area contributed by atoms with Crippen LogP contribution in [0.5, 0.6) is 0 Å². The minimum Gasteiger partial charge on any atom is -0.468 e. The van der Waals surface area contributed by atoms with Crippen LogP contribution in [0.2, 0.25) is 0 Å². The number of rotatable bonds is 8. The van der Waals surface area contributed by atoms with Gasteiger partial charge in [-0.1, -0.05) is 12.1 Å². The van der Waals surface area contributed by atoms with Gasteiger partial charge in [0.05, 0.1) is 34.1 Å². The first-order chi connectivity index (χ1) is 16.1. The molecule has 3 rings (SSSR count). The number of ketones is 1. The van der Waals surface area contributed by atoms with E-state index < -0.39 is 62.5 Å². The van der Waals surface area contributed by atoms with Crippen molar-refractivity contribution in [1.29, 1.82) is 0 Å². The Bertz CT molecular complexity index is 1400. The zero-order valence-corrected chi connectivity index (χ0v) is 17.3. The SMILES string of the molecule is COC(=O)[C@H](Cc1nc2ccccc2[nH]c1=O)C(=O)C(=O)Nc1ccc([N+](=O)[O-])cc1[N+](=O)[O-]. The molecule has 1 heterocycles. The number of nitro benzene ring substituents is 2. The largest absolute Gasteiger partial charge is 0.468 e. The number of nitro groups is 2. The average Bonchev–Trinajstić information content (AvgIpc) is 2.81. The van der Waals surface area contributed by atoms with E-state index in [0.29, 0.717) is 17.1 Å². The van der Waals surface area contributed by atoms with Crippen LogP contribution >= 0.6 is 0 Å². The zero-order valence-electron chi connectivity index (χ0n) is 17.3. The number of anilines is 1. The maximum absolute atomic E-state index is 12.8. The van der Waals surface area contributed by atoms with Gasteiger partial charge < -0.3 is 15.0 Å². The van der Waals surface area contributed by atoms with Crippen molar-refractivity contribution in [1.82, 2.24) is 9.97 Å². The number of methoxy groups -OCH3 is 1. The first kappa shape index (κ1) is 23.6. The van der Waals surface area contributed by atoms with Crippen LogP contribution < -0.4 is 10.9 Å². The lowest BCUT2D eigenvalue weighted by Gasteiger charge is -2.13. The van der Waals surface area contributed by atoms with Crippen LogP contribution in [0.25, 0.3) is 11.0 Å². The number of nitrogens with one attached hydrogen (secondary N) is 2.